The molecule has 0 spiro atoms. The zero-order valence-electron chi connectivity index (χ0n) is 11.1. The van der Waals surface area contributed by atoms with Crippen LogP contribution in [-0.2, 0) is 7.05 Å². The van der Waals surface area contributed by atoms with E-state index < -0.39 is 0 Å². The molecule has 2 aromatic rings. The number of anilines is 1. The van der Waals surface area contributed by atoms with E-state index in [4.69, 9.17) is 0 Å². The molecule has 0 bridgehead atoms. The summed E-state index contributed by atoms with van der Waals surface area (Å²) in [5.74, 6) is 0.478. The van der Waals surface area contributed by atoms with Crippen LogP contribution in [0.5, 0.6) is 0 Å². The highest BCUT2D eigenvalue weighted by molar-refractivity contribution is 6.05. The van der Waals surface area contributed by atoms with Gasteiger partial charge in [0, 0.05) is 24.4 Å². The zero-order chi connectivity index (χ0) is 13.3. The number of hydrogen-bond acceptors (Lipinski definition) is 2. The maximum atomic E-state index is 12.2. The van der Waals surface area contributed by atoms with Crippen molar-refractivity contribution in [1.29, 1.82) is 0 Å². The van der Waals surface area contributed by atoms with Crippen molar-refractivity contribution in [3.63, 3.8) is 0 Å². The Bertz CT molecular complexity index is 559. The van der Waals surface area contributed by atoms with Gasteiger partial charge in [0.2, 0.25) is 0 Å². The SMILES string of the molecule is Cc1cccc(C)c1C(=O)Nc1cc(C)n(C)n1. The molecule has 0 aliphatic rings. The summed E-state index contributed by atoms with van der Waals surface area (Å²) in [5.41, 5.74) is 3.67. The van der Waals surface area contributed by atoms with Gasteiger partial charge in [-0.15, -0.1) is 0 Å². The summed E-state index contributed by atoms with van der Waals surface area (Å²) in [7, 11) is 1.85. The van der Waals surface area contributed by atoms with E-state index in [0.29, 0.717) is 5.82 Å². The number of carbonyl (C=O) groups excluding carboxylic acids is 1. The molecule has 1 aromatic carbocycles. The Morgan fingerprint density at radius 1 is 1.22 bits per heavy atom. The summed E-state index contributed by atoms with van der Waals surface area (Å²) in [6.45, 7) is 5.82. The molecule has 0 fully saturated rings. The highest BCUT2D eigenvalue weighted by Crippen LogP contribution is 2.15. The molecule has 4 heteroatoms. The van der Waals surface area contributed by atoms with Gasteiger partial charge in [0.25, 0.3) is 5.91 Å². The quantitative estimate of drug-likeness (QED) is 0.881. The van der Waals surface area contributed by atoms with E-state index in [0.717, 1.165) is 22.4 Å². The maximum absolute atomic E-state index is 12.2. The fourth-order valence-electron chi connectivity index (χ4n) is 1.97. The van der Waals surface area contributed by atoms with E-state index in [9.17, 15) is 4.79 Å². The van der Waals surface area contributed by atoms with Crippen LogP contribution in [0.3, 0.4) is 0 Å². The lowest BCUT2D eigenvalue weighted by Gasteiger charge is -2.08. The molecule has 0 aliphatic heterocycles. The predicted octanol–water partition coefficient (Wildman–Crippen LogP) is 2.60. The molecular weight excluding hydrogens is 226 g/mol. The first-order chi connectivity index (χ1) is 8.49. The summed E-state index contributed by atoms with van der Waals surface area (Å²) in [6, 6.07) is 7.68. The van der Waals surface area contributed by atoms with Crippen molar-refractivity contribution in [2.45, 2.75) is 20.8 Å². The van der Waals surface area contributed by atoms with Crippen molar-refractivity contribution in [1.82, 2.24) is 9.78 Å². The fourth-order valence-corrected chi connectivity index (χ4v) is 1.97. The van der Waals surface area contributed by atoms with Gasteiger partial charge in [-0.1, -0.05) is 18.2 Å². The van der Waals surface area contributed by atoms with E-state index in [-0.39, 0.29) is 5.91 Å². The van der Waals surface area contributed by atoms with Crippen LogP contribution in [-0.4, -0.2) is 15.7 Å². The number of amides is 1. The van der Waals surface area contributed by atoms with Gasteiger partial charge in [-0.25, -0.2) is 0 Å². The Morgan fingerprint density at radius 3 is 2.33 bits per heavy atom. The first-order valence-electron chi connectivity index (χ1n) is 5.87. The molecule has 1 amide bonds. The second-order valence-electron chi connectivity index (χ2n) is 4.52. The summed E-state index contributed by atoms with van der Waals surface area (Å²) >= 11 is 0. The van der Waals surface area contributed by atoms with E-state index in [1.54, 1.807) is 4.68 Å². The third-order valence-corrected chi connectivity index (χ3v) is 3.06. The Labute approximate surface area is 107 Å². The maximum Gasteiger partial charge on any atom is 0.257 e. The molecule has 1 heterocycles. The Morgan fingerprint density at radius 2 is 1.83 bits per heavy atom. The van der Waals surface area contributed by atoms with Crippen LogP contribution in [0.4, 0.5) is 5.82 Å². The van der Waals surface area contributed by atoms with Crippen LogP contribution in [0.15, 0.2) is 24.3 Å². The van der Waals surface area contributed by atoms with Crippen LogP contribution < -0.4 is 5.32 Å². The van der Waals surface area contributed by atoms with Crippen molar-refractivity contribution in [2.75, 3.05) is 5.32 Å². The summed E-state index contributed by atoms with van der Waals surface area (Å²) in [6.07, 6.45) is 0. The van der Waals surface area contributed by atoms with Gasteiger partial charge in [0.15, 0.2) is 5.82 Å². The van der Waals surface area contributed by atoms with Gasteiger partial charge in [-0.2, -0.15) is 5.10 Å². The molecule has 0 aliphatic carbocycles. The molecule has 0 atom stereocenters. The standard InChI is InChI=1S/C14H17N3O/c1-9-6-5-7-10(2)13(9)14(18)15-12-8-11(3)17(4)16-12/h5-8H,1-4H3,(H,15,16,18). The Kier molecular flexibility index (Phi) is 3.19. The highest BCUT2D eigenvalue weighted by Gasteiger charge is 2.13. The largest absolute Gasteiger partial charge is 0.305 e. The number of aryl methyl sites for hydroxylation is 4. The minimum Gasteiger partial charge on any atom is -0.305 e. The number of hydrogen-bond donors (Lipinski definition) is 1. The van der Waals surface area contributed by atoms with Crippen LogP contribution in [0.2, 0.25) is 0 Å². The number of carbonyl (C=O) groups is 1. The number of nitrogens with one attached hydrogen (secondary N) is 1. The Hall–Kier alpha value is -2.10. The zero-order valence-corrected chi connectivity index (χ0v) is 11.1. The number of nitrogens with zero attached hydrogens (tertiary/aromatic N) is 2. The molecule has 0 saturated heterocycles. The summed E-state index contributed by atoms with van der Waals surface area (Å²) in [5, 5.41) is 7.05. The number of rotatable bonds is 2. The van der Waals surface area contributed by atoms with Crippen LogP contribution in [0, 0.1) is 20.8 Å². The molecule has 1 aromatic heterocycles. The van der Waals surface area contributed by atoms with Gasteiger partial charge in [0.1, 0.15) is 0 Å². The van der Waals surface area contributed by atoms with E-state index >= 15 is 0 Å². The van der Waals surface area contributed by atoms with Gasteiger partial charge < -0.3 is 5.32 Å². The van der Waals surface area contributed by atoms with Gasteiger partial charge in [-0.05, 0) is 31.9 Å². The van der Waals surface area contributed by atoms with E-state index in [1.165, 1.54) is 0 Å². The molecule has 94 valence electrons. The van der Waals surface area contributed by atoms with Crippen molar-refractivity contribution in [3.8, 4) is 0 Å². The third-order valence-electron chi connectivity index (χ3n) is 3.06. The van der Waals surface area contributed by atoms with E-state index in [2.05, 4.69) is 10.4 Å². The lowest BCUT2D eigenvalue weighted by atomic mass is 10.0. The van der Waals surface area contributed by atoms with Gasteiger partial charge >= 0.3 is 0 Å². The van der Waals surface area contributed by atoms with Crippen molar-refractivity contribution in [3.05, 3.63) is 46.6 Å². The predicted molar refractivity (Wildman–Crippen MR) is 71.8 cm³/mol. The molecule has 0 unspecified atom stereocenters. The normalized spacial score (nSPS) is 10.4. The van der Waals surface area contributed by atoms with Gasteiger partial charge in [0.05, 0.1) is 0 Å². The second-order valence-corrected chi connectivity index (χ2v) is 4.52. The van der Waals surface area contributed by atoms with Crippen molar-refractivity contribution >= 4 is 11.7 Å². The second kappa shape index (κ2) is 4.64. The molecule has 18 heavy (non-hydrogen) atoms. The fraction of sp³-hybridized carbons (Fsp3) is 0.286. The van der Waals surface area contributed by atoms with Crippen molar-refractivity contribution in [2.24, 2.45) is 7.05 Å². The lowest BCUT2D eigenvalue weighted by Crippen LogP contribution is -2.15. The monoisotopic (exact) mass is 243 g/mol. The molecule has 1 N–H and O–H groups in total. The number of aromatic nitrogens is 2. The third kappa shape index (κ3) is 2.27. The van der Waals surface area contributed by atoms with Crippen LogP contribution in [0.25, 0.3) is 0 Å². The Balaban J connectivity index is 2.27. The summed E-state index contributed by atoms with van der Waals surface area (Å²) < 4.78 is 1.74. The molecule has 4 nitrogen and oxygen atoms in total. The molecule has 0 saturated carbocycles. The van der Waals surface area contributed by atoms with Crippen molar-refractivity contribution < 1.29 is 4.79 Å². The minimum absolute atomic E-state index is 0.108. The first-order valence-corrected chi connectivity index (χ1v) is 5.87. The average Bonchev–Trinajstić information content (AvgIpc) is 2.57. The molecule has 0 radical (unpaired) electrons. The number of benzene rings is 1. The minimum atomic E-state index is -0.108. The first kappa shape index (κ1) is 12.4. The smallest absolute Gasteiger partial charge is 0.257 e. The summed E-state index contributed by atoms with van der Waals surface area (Å²) in [4.78, 5) is 12.2. The average molecular weight is 243 g/mol. The highest BCUT2D eigenvalue weighted by atomic mass is 16.1. The lowest BCUT2D eigenvalue weighted by molar-refractivity contribution is 0.102. The van der Waals surface area contributed by atoms with Gasteiger partial charge in [-0.3, -0.25) is 9.48 Å². The van der Waals surface area contributed by atoms with E-state index in [1.807, 2.05) is 52.1 Å². The topological polar surface area (TPSA) is 46.9 Å². The molecular formula is C14H17N3O. The molecule has 2 rings (SSSR count). The van der Waals surface area contributed by atoms with Crippen LogP contribution in [0.1, 0.15) is 27.2 Å². The van der Waals surface area contributed by atoms with Crippen LogP contribution >= 0.6 is 0 Å².